The number of para-hydroxylation sites is 1. The fraction of sp³-hybridized carbons (Fsp3) is 0.375. The van der Waals surface area contributed by atoms with Crippen LogP contribution >= 0.6 is 0 Å². The Morgan fingerprint density at radius 3 is 3.05 bits per heavy atom. The molecule has 2 heterocycles. The average molecular weight is 300 g/mol. The summed E-state index contributed by atoms with van der Waals surface area (Å²) in [5, 5.41) is 12.6. The van der Waals surface area contributed by atoms with E-state index >= 15 is 0 Å². The molecule has 1 aromatic heterocycles. The molecule has 1 aliphatic rings. The van der Waals surface area contributed by atoms with Crippen molar-refractivity contribution in [3.05, 3.63) is 48.5 Å². The number of aromatic nitrogens is 2. The fourth-order valence-corrected chi connectivity index (χ4v) is 2.74. The molecule has 22 heavy (non-hydrogen) atoms. The average Bonchev–Trinajstić information content (AvgIpc) is 3.07. The van der Waals surface area contributed by atoms with E-state index in [-0.39, 0.29) is 6.03 Å². The standard InChI is InChI=1S/C16H20N4O2/c21-14-5-3-8-19(11-14)16(22)18-10-13-4-1-2-6-15(13)20-9-7-17-12-20/h1-2,4,6-7,9,12,14,21H,3,5,8,10-11H2,(H,18,22). The monoisotopic (exact) mass is 300 g/mol. The van der Waals surface area contributed by atoms with E-state index < -0.39 is 6.10 Å². The van der Waals surface area contributed by atoms with Crippen LogP contribution in [0.25, 0.3) is 5.69 Å². The number of amides is 2. The smallest absolute Gasteiger partial charge is 0.317 e. The van der Waals surface area contributed by atoms with Crippen LogP contribution < -0.4 is 5.32 Å². The second-order valence-electron chi connectivity index (χ2n) is 5.50. The highest BCUT2D eigenvalue weighted by Gasteiger charge is 2.21. The number of aliphatic hydroxyl groups is 1. The van der Waals surface area contributed by atoms with E-state index in [0.29, 0.717) is 19.6 Å². The molecule has 0 spiro atoms. The second kappa shape index (κ2) is 6.62. The molecule has 1 aliphatic heterocycles. The van der Waals surface area contributed by atoms with E-state index in [1.165, 1.54) is 0 Å². The first-order valence-corrected chi connectivity index (χ1v) is 7.51. The molecule has 1 unspecified atom stereocenters. The molecule has 2 amide bonds. The van der Waals surface area contributed by atoms with Crippen LogP contribution in [0.3, 0.4) is 0 Å². The molecule has 2 aromatic rings. The van der Waals surface area contributed by atoms with Gasteiger partial charge in [-0.15, -0.1) is 0 Å². The van der Waals surface area contributed by atoms with Gasteiger partial charge in [-0.1, -0.05) is 18.2 Å². The van der Waals surface area contributed by atoms with Gasteiger partial charge in [0.1, 0.15) is 0 Å². The zero-order chi connectivity index (χ0) is 15.4. The lowest BCUT2D eigenvalue weighted by Crippen LogP contribution is -2.46. The summed E-state index contributed by atoms with van der Waals surface area (Å²) < 4.78 is 1.92. The molecule has 0 saturated carbocycles. The first-order chi connectivity index (χ1) is 10.7. The Kier molecular flexibility index (Phi) is 4.39. The van der Waals surface area contributed by atoms with Crippen LogP contribution in [0.4, 0.5) is 4.79 Å². The van der Waals surface area contributed by atoms with Gasteiger partial charge in [-0.3, -0.25) is 0 Å². The number of aliphatic hydroxyl groups excluding tert-OH is 1. The number of carbonyl (C=O) groups is 1. The maximum Gasteiger partial charge on any atom is 0.317 e. The molecule has 0 aliphatic carbocycles. The minimum absolute atomic E-state index is 0.126. The molecule has 1 aromatic carbocycles. The maximum atomic E-state index is 12.2. The zero-order valence-corrected chi connectivity index (χ0v) is 12.4. The zero-order valence-electron chi connectivity index (χ0n) is 12.4. The number of urea groups is 1. The quantitative estimate of drug-likeness (QED) is 0.903. The Bertz CT molecular complexity index is 627. The summed E-state index contributed by atoms with van der Waals surface area (Å²) in [5.41, 5.74) is 2.02. The Morgan fingerprint density at radius 1 is 1.41 bits per heavy atom. The van der Waals surface area contributed by atoms with Crippen molar-refractivity contribution in [1.82, 2.24) is 19.8 Å². The summed E-state index contributed by atoms with van der Waals surface area (Å²) in [6, 6.07) is 7.77. The lowest BCUT2D eigenvalue weighted by Gasteiger charge is -2.30. The Hall–Kier alpha value is -2.34. The number of hydrogen-bond donors (Lipinski definition) is 2. The molecule has 1 fully saturated rings. The Morgan fingerprint density at radius 2 is 2.27 bits per heavy atom. The SMILES string of the molecule is O=C(NCc1ccccc1-n1ccnc1)N1CCCC(O)C1. The molecule has 6 heteroatoms. The number of nitrogens with zero attached hydrogens (tertiary/aromatic N) is 3. The first-order valence-electron chi connectivity index (χ1n) is 7.51. The Balaban J connectivity index is 1.65. The second-order valence-corrected chi connectivity index (χ2v) is 5.50. The summed E-state index contributed by atoms with van der Waals surface area (Å²) in [6.45, 7) is 1.56. The number of piperidine rings is 1. The first kappa shape index (κ1) is 14.6. The van der Waals surface area contributed by atoms with E-state index in [9.17, 15) is 9.90 Å². The van der Waals surface area contributed by atoms with Crippen molar-refractivity contribution in [3.8, 4) is 5.69 Å². The van der Waals surface area contributed by atoms with Gasteiger partial charge < -0.3 is 19.9 Å². The number of likely N-dealkylation sites (tertiary alicyclic amines) is 1. The number of β-amino-alcohol motifs (C(OH)–C–C–N with tert-alkyl or cyclic N) is 1. The van der Waals surface area contributed by atoms with Crippen molar-refractivity contribution in [1.29, 1.82) is 0 Å². The molecule has 116 valence electrons. The summed E-state index contributed by atoms with van der Waals surface area (Å²) in [4.78, 5) is 17.9. The number of rotatable bonds is 3. The molecule has 1 atom stereocenters. The van der Waals surface area contributed by atoms with Crippen LogP contribution in [0.2, 0.25) is 0 Å². The van der Waals surface area contributed by atoms with Crippen molar-refractivity contribution < 1.29 is 9.90 Å². The van der Waals surface area contributed by atoms with Gasteiger partial charge >= 0.3 is 6.03 Å². The fourth-order valence-electron chi connectivity index (χ4n) is 2.74. The summed E-state index contributed by atoms with van der Waals surface area (Å²) >= 11 is 0. The van der Waals surface area contributed by atoms with Gasteiger partial charge in [0.2, 0.25) is 0 Å². The predicted octanol–water partition coefficient (Wildman–Crippen LogP) is 1.54. The summed E-state index contributed by atoms with van der Waals surface area (Å²) in [5.74, 6) is 0. The topological polar surface area (TPSA) is 70.4 Å². The van der Waals surface area contributed by atoms with Crippen molar-refractivity contribution in [2.75, 3.05) is 13.1 Å². The molecule has 2 N–H and O–H groups in total. The lowest BCUT2D eigenvalue weighted by molar-refractivity contribution is 0.0842. The van der Waals surface area contributed by atoms with E-state index in [1.807, 2.05) is 35.0 Å². The van der Waals surface area contributed by atoms with E-state index in [1.54, 1.807) is 17.4 Å². The summed E-state index contributed by atoms with van der Waals surface area (Å²) in [6.07, 6.45) is 6.55. The van der Waals surface area contributed by atoms with Crippen LogP contribution in [0, 0.1) is 0 Å². The van der Waals surface area contributed by atoms with E-state index in [2.05, 4.69) is 10.3 Å². The normalized spacial score (nSPS) is 18.2. The van der Waals surface area contributed by atoms with Gasteiger partial charge in [0.25, 0.3) is 0 Å². The largest absolute Gasteiger partial charge is 0.391 e. The van der Waals surface area contributed by atoms with Crippen molar-refractivity contribution in [2.24, 2.45) is 0 Å². The van der Waals surface area contributed by atoms with Crippen LogP contribution in [-0.2, 0) is 6.54 Å². The van der Waals surface area contributed by atoms with Gasteiger partial charge in [0.05, 0.1) is 18.1 Å². The third kappa shape index (κ3) is 3.28. The molecular formula is C16H20N4O2. The van der Waals surface area contributed by atoms with Crippen LogP contribution in [-0.4, -0.2) is 44.8 Å². The lowest BCUT2D eigenvalue weighted by atomic mass is 10.1. The van der Waals surface area contributed by atoms with Gasteiger partial charge in [-0.2, -0.15) is 0 Å². The summed E-state index contributed by atoms with van der Waals surface area (Å²) in [7, 11) is 0. The van der Waals surface area contributed by atoms with Crippen molar-refractivity contribution in [2.45, 2.75) is 25.5 Å². The van der Waals surface area contributed by atoms with Crippen molar-refractivity contribution >= 4 is 6.03 Å². The van der Waals surface area contributed by atoms with E-state index in [0.717, 1.165) is 24.1 Å². The number of imidazole rings is 1. The number of hydrogen-bond acceptors (Lipinski definition) is 3. The third-order valence-electron chi connectivity index (χ3n) is 3.89. The minimum Gasteiger partial charge on any atom is -0.391 e. The number of nitrogens with one attached hydrogen (secondary N) is 1. The minimum atomic E-state index is -0.405. The highest BCUT2D eigenvalue weighted by Crippen LogP contribution is 2.14. The molecule has 0 radical (unpaired) electrons. The third-order valence-corrected chi connectivity index (χ3v) is 3.89. The van der Waals surface area contributed by atoms with Gasteiger partial charge in [-0.25, -0.2) is 9.78 Å². The number of carbonyl (C=O) groups excluding carboxylic acids is 1. The van der Waals surface area contributed by atoms with Crippen molar-refractivity contribution in [3.63, 3.8) is 0 Å². The van der Waals surface area contributed by atoms with Gasteiger partial charge in [0.15, 0.2) is 0 Å². The highest BCUT2D eigenvalue weighted by atomic mass is 16.3. The van der Waals surface area contributed by atoms with Crippen LogP contribution in [0.5, 0.6) is 0 Å². The molecule has 6 nitrogen and oxygen atoms in total. The predicted molar refractivity (Wildman–Crippen MR) is 82.6 cm³/mol. The van der Waals surface area contributed by atoms with Crippen LogP contribution in [0.1, 0.15) is 18.4 Å². The van der Waals surface area contributed by atoms with Gasteiger partial charge in [0, 0.05) is 32.0 Å². The molecule has 1 saturated heterocycles. The Labute approximate surface area is 129 Å². The molecule has 0 bridgehead atoms. The maximum absolute atomic E-state index is 12.2. The van der Waals surface area contributed by atoms with Crippen LogP contribution in [0.15, 0.2) is 43.0 Å². The molecule has 3 rings (SSSR count). The highest BCUT2D eigenvalue weighted by molar-refractivity contribution is 5.74. The van der Waals surface area contributed by atoms with Gasteiger partial charge in [-0.05, 0) is 24.5 Å². The number of benzene rings is 1. The molecular weight excluding hydrogens is 280 g/mol. The van der Waals surface area contributed by atoms with E-state index in [4.69, 9.17) is 0 Å².